The normalized spacial score (nSPS) is 27.7. The Balaban J connectivity index is 0.00000242. The number of amides is 2. The third-order valence-electron chi connectivity index (χ3n) is 3.85. The van der Waals surface area contributed by atoms with Gasteiger partial charge in [-0.2, -0.15) is 0 Å². The SMILES string of the molecule is CC(=O)NCSC1=C(C(=O)[O-])N2C(=O)C(C(C)O)C2C1C.[K+]. The van der Waals surface area contributed by atoms with Crippen LogP contribution in [0, 0.1) is 11.8 Å². The molecular formula is C13H17KN2O5S. The van der Waals surface area contributed by atoms with E-state index < -0.39 is 23.9 Å². The zero-order valence-electron chi connectivity index (χ0n) is 13.0. The molecule has 0 bridgehead atoms. The van der Waals surface area contributed by atoms with Crippen molar-refractivity contribution >= 4 is 29.5 Å². The number of carbonyl (C=O) groups is 3. The van der Waals surface area contributed by atoms with Crippen LogP contribution in [0.25, 0.3) is 0 Å². The monoisotopic (exact) mass is 352 g/mol. The molecule has 0 saturated carbocycles. The first-order valence-electron chi connectivity index (χ1n) is 6.61. The molecular weight excluding hydrogens is 335 g/mol. The Kier molecular flexibility index (Phi) is 7.12. The summed E-state index contributed by atoms with van der Waals surface area (Å²) in [5, 5.41) is 23.6. The third kappa shape index (κ3) is 3.45. The van der Waals surface area contributed by atoms with Gasteiger partial charge in [-0.3, -0.25) is 9.59 Å². The molecule has 9 heteroatoms. The van der Waals surface area contributed by atoms with Gasteiger partial charge in [0.25, 0.3) is 0 Å². The number of β-lactam (4-membered cyclic amide) rings is 1. The Bertz CT molecular complexity index is 537. The maximum atomic E-state index is 12.0. The number of aliphatic hydroxyl groups is 1. The number of aliphatic carboxylic acids is 1. The van der Waals surface area contributed by atoms with Gasteiger partial charge in [0.05, 0.1) is 35.6 Å². The van der Waals surface area contributed by atoms with Crippen molar-refractivity contribution in [2.45, 2.75) is 32.9 Å². The maximum Gasteiger partial charge on any atom is 1.00 e. The molecule has 0 aromatic carbocycles. The van der Waals surface area contributed by atoms with E-state index in [0.29, 0.717) is 4.91 Å². The van der Waals surface area contributed by atoms with Crippen molar-refractivity contribution in [2.24, 2.45) is 11.8 Å². The second-order valence-corrected chi connectivity index (χ2v) is 6.29. The Hall–Kier alpha value is 0.0964. The van der Waals surface area contributed by atoms with Crippen LogP contribution >= 0.6 is 11.8 Å². The zero-order chi connectivity index (χ0) is 15.9. The van der Waals surface area contributed by atoms with E-state index >= 15 is 0 Å². The molecule has 0 spiro atoms. The van der Waals surface area contributed by atoms with Crippen LogP contribution in [0.1, 0.15) is 20.8 Å². The second kappa shape index (κ2) is 7.78. The van der Waals surface area contributed by atoms with Gasteiger partial charge in [-0.25, -0.2) is 0 Å². The van der Waals surface area contributed by atoms with Crippen LogP contribution < -0.4 is 61.8 Å². The first-order valence-corrected chi connectivity index (χ1v) is 7.59. The second-order valence-electron chi connectivity index (χ2n) is 5.28. The fourth-order valence-electron chi connectivity index (χ4n) is 2.92. The Morgan fingerprint density at radius 3 is 2.55 bits per heavy atom. The molecule has 0 aliphatic carbocycles. The Morgan fingerprint density at radius 1 is 1.50 bits per heavy atom. The summed E-state index contributed by atoms with van der Waals surface area (Å²) in [6.07, 6.45) is -0.830. The molecule has 0 aromatic rings. The number of rotatable bonds is 5. The molecule has 116 valence electrons. The third-order valence-corrected chi connectivity index (χ3v) is 5.02. The average molecular weight is 352 g/mol. The van der Waals surface area contributed by atoms with E-state index in [2.05, 4.69) is 5.32 Å². The van der Waals surface area contributed by atoms with E-state index in [1.165, 1.54) is 30.5 Å². The van der Waals surface area contributed by atoms with E-state index in [4.69, 9.17) is 0 Å². The molecule has 7 nitrogen and oxygen atoms in total. The molecule has 0 radical (unpaired) electrons. The number of thioether (sulfide) groups is 1. The summed E-state index contributed by atoms with van der Waals surface area (Å²) in [5.41, 5.74) is -0.134. The van der Waals surface area contributed by atoms with Crippen LogP contribution in [0.5, 0.6) is 0 Å². The van der Waals surface area contributed by atoms with Crippen molar-refractivity contribution in [1.29, 1.82) is 0 Å². The molecule has 2 rings (SSSR count). The smallest absolute Gasteiger partial charge is 0.543 e. The Labute approximate surface area is 175 Å². The molecule has 4 unspecified atom stereocenters. The minimum absolute atomic E-state index is 0. The van der Waals surface area contributed by atoms with Gasteiger partial charge >= 0.3 is 51.4 Å². The number of fused-ring (bicyclic) bond motifs is 1. The van der Waals surface area contributed by atoms with Crippen molar-refractivity contribution < 1.29 is 76.0 Å². The van der Waals surface area contributed by atoms with Gasteiger partial charge in [0.15, 0.2) is 0 Å². The van der Waals surface area contributed by atoms with Gasteiger partial charge in [-0.15, -0.1) is 11.8 Å². The van der Waals surface area contributed by atoms with Gasteiger partial charge in [0.2, 0.25) is 11.8 Å². The number of nitrogens with one attached hydrogen (secondary N) is 1. The molecule has 1 fully saturated rings. The summed E-state index contributed by atoms with van der Waals surface area (Å²) in [6, 6.07) is -0.356. The summed E-state index contributed by atoms with van der Waals surface area (Å²) >= 11 is 1.17. The molecule has 2 amide bonds. The minimum atomic E-state index is -1.41. The summed E-state index contributed by atoms with van der Waals surface area (Å²) in [4.78, 5) is 36.0. The first kappa shape index (κ1) is 20.1. The van der Waals surface area contributed by atoms with E-state index in [1.54, 1.807) is 0 Å². The molecule has 0 aromatic heterocycles. The minimum Gasteiger partial charge on any atom is -0.543 e. The molecule has 22 heavy (non-hydrogen) atoms. The van der Waals surface area contributed by atoms with Crippen LogP contribution in [-0.4, -0.2) is 45.8 Å². The van der Waals surface area contributed by atoms with Crippen molar-refractivity contribution in [2.75, 3.05) is 5.88 Å². The molecule has 2 heterocycles. The van der Waals surface area contributed by atoms with E-state index in [0.717, 1.165) is 0 Å². The topological polar surface area (TPSA) is 110 Å². The standard InChI is InChI=1S/C13H18N2O5S.K/c1-5-9-8(6(2)16)12(18)15(9)10(13(19)20)11(5)21-4-14-7(3)17;/h5-6,8-9,16H,4H2,1-3H3,(H,14,17)(H,19,20);/q;+1/p-1. The van der Waals surface area contributed by atoms with Crippen LogP contribution in [0.2, 0.25) is 0 Å². The predicted molar refractivity (Wildman–Crippen MR) is 73.3 cm³/mol. The fraction of sp³-hybridized carbons (Fsp3) is 0.615. The van der Waals surface area contributed by atoms with Crippen molar-refractivity contribution in [3.8, 4) is 0 Å². The number of aliphatic hydroxyl groups excluding tert-OH is 1. The number of nitrogens with zero attached hydrogens (tertiary/aromatic N) is 1. The van der Waals surface area contributed by atoms with Crippen LogP contribution in [0.4, 0.5) is 0 Å². The van der Waals surface area contributed by atoms with Crippen LogP contribution in [-0.2, 0) is 14.4 Å². The van der Waals surface area contributed by atoms with Gasteiger partial charge in [0.1, 0.15) is 0 Å². The van der Waals surface area contributed by atoms with E-state index in [-0.39, 0.29) is 80.8 Å². The van der Waals surface area contributed by atoms with Crippen LogP contribution in [0.15, 0.2) is 10.6 Å². The summed E-state index contributed by atoms with van der Waals surface area (Å²) in [7, 11) is 0. The predicted octanol–water partition coefficient (Wildman–Crippen LogP) is -4.36. The van der Waals surface area contributed by atoms with E-state index in [9.17, 15) is 24.6 Å². The van der Waals surface area contributed by atoms with Gasteiger partial charge in [-0.05, 0) is 6.92 Å². The van der Waals surface area contributed by atoms with E-state index in [1.807, 2.05) is 6.92 Å². The molecule has 4 atom stereocenters. The number of hydrogen-bond acceptors (Lipinski definition) is 6. The van der Waals surface area contributed by atoms with Crippen molar-refractivity contribution in [3.63, 3.8) is 0 Å². The number of carboxylic acids is 1. The molecule has 2 N–H and O–H groups in total. The van der Waals surface area contributed by atoms with Gasteiger partial charge < -0.3 is 25.2 Å². The zero-order valence-corrected chi connectivity index (χ0v) is 16.9. The summed E-state index contributed by atoms with van der Waals surface area (Å²) < 4.78 is 0. The molecule has 2 aliphatic heterocycles. The fourth-order valence-corrected chi connectivity index (χ4v) is 4.07. The average Bonchev–Trinajstić information content (AvgIpc) is 2.59. The molecule has 1 saturated heterocycles. The largest absolute Gasteiger partial charge is 1.00 e. The first-order chi connectivity index (χ1) is 9.77. The van der Waals surface area contributed by atoms with Crippen molar-refractivity contribution in [1.82, 2.24) is 10.2 Å². The number of carboxylic acid groups (broad SMARTS) is 1. The number of carbonyl (C=O) groups excluding carboxylic acids is 3. The van der Waals surface area contributed by atoms with Gasteiger partial charge in [-0.1, -0.05) is 6.92 Å². The summed E-state index contributed by atoms with van der Waals surface area (Å²) in [5.74, 6) is -2.60. The quantitative estimate of drug-likeness (QED) is 0.294. The van der Waals surface area contributed by atoms with Crippen LogP contribution in [0.3, 0.4) is 0 Å². The Morgan fingerprint density at radius 2 is 2.09 bits per heavy atom. The number of hydrogen-bond donors (Lipinski definition) is 2. The molecule has 2 aliphatic rings. The summed E-state index contributed by atoms with van der Waals surface area (Å²) in [6.45, 7) is 4.70. The van der Waals surface area contributed by atoms with Crippen molar-refractivity contribution in [3.05, 3.63) is 10.6 Å². The maximum absolute atomic E-state index is 12.0. The van der Waals surface area contributed by atoms with Gasteiger partial charge in [0, 0.05) is 17.7 Å².